The molecule has 0 saturated carbocycles. The zero-order valence-electron chi connectivity index (χ0n) is 22.6. The van der Waals surface area contributed by atoms with E-state index < -0.39 is 0 Å². The molecule has 4 heterocycles. The van der Waals surface area contributed by atoms with Gasteiger partial charge in [-0.2, -0.15) is 0 Å². The smallest absolute Gasteiger partial charge is 0.228 e. The predicted molar refractivity (Wildman–Crippen MR) is 149 cm³/mol. The minimum absolute atomic E-state index is 0.165. The molecule has 2 fully saturated rings. The van der Waals surface area contributed by atoms with E-state index in [1.165, 1.54) is 5.57 Å². The molecule has 1 spiro atoms. The highest BCUT2D eigenvalue weighted by Gasteiger charge is 2.47. The van der Waals surface area contributed by atoms with Gasteiger partial charge in [0.25, 0.3) is 0 Å². The Morgan fingerprint density at radius 2 is 1.74 bits per heavy atom. The third-order valence-electron chi connectivity index (χ3n) is 8.28. The molecule has 3 aliphatic rings. The highest BCUT2D eigenvalue weighted by molar-refractivity contribution is 5.78. The van der Waals surface area contributed by atoms with Crippen molar-refractivity contribution in [3.8, 4) is 11.5 Å². The molecule has 7 nitrogen and oxygen atoms in total. The fourth-order valence-corrected chi connectivity index (χ4v) is 5.89. The van der Waals surface area contributed by atoms with Crippen LogP contribution in [0.15, 0.2) is 67.0 Å². The van der Waals surface area contributed by atoms with Crippen LogP contribution in [0.4, 0.5) is 0 Å². The summed E-state index contributed by atoms with van der Waals surface area (Å²) in [5, 5.41) is 0. The largest absolute Gasteiger partial charge is 0.495 e. The van der Waals surface area contributed by atoms with Crippen molar-refractivity contribution in [3.05, 3.63) is 78.4 Å². The van der Waals surface area contributed by atoms with Crippen LogP contribution in [0.3, 0.4) is 0 Å². The maximum absolute atomic E-state index is 12.9. The fraction of sp³-hybridized carbons (Fsp3) is 0.452. The first-order chi connectivity index (χ1) is 18.5. The fourth-order valence-electron chi connectivity index (χ4n) is 5.89. The van der Waals surface area contributed by atoms with Crippen molar-refractivity contribution in [1.29, 1.82) is 0 Å². The monoisotopic (exact) mass is 514 g/mol. The number of amides is 1. The molecular formula is C31H38N4O3. The number of hydrogen-bond acceptors (Lipinski definition) is 6. The van der Waals surface area contributed by atoms with Crippen molar-refractivity contribution in [2.75, 3.05) is 40.4 Å². The van der Waals surface area contributed by atoms with E-state index >= 15 is 0 Å². The second-order valence-electron chi connectivity index (χ2n) is 10.7. The van der Waals surface area contributed by atoms with Crippen LogP contribution >= 0.6 is 0 Å². The summed E-state index contributed by atoms with van der Waals surface area (Å²) >= 11 is 0. The Kier molecular flexibility index (Phi) is 7.93. The van der Waals surface area contributed by atoms with Gasteiger partial charge in [0.05, 0.1) is 38.7 Å². The average molecular weight is 515 g/mol. The number of carbonyl (C=O) groups is 1. The van der Waals surface area contributed by atoms with Crippen molar-refractivity contribution in [2.24, 2.45) is 5.41 Å². The van der Waals surface area contributed by atoms with Gasteiger partial charge in [0.2, 0.25) is 5.91 Å². The molecule has 7 heteroatoms. The van der Waals surface area contributed by atoms with Gasteiger partial charge in [0.1, 0.15) is 11.5 Å². The van der Waals surface area contributed by atoms with E-state index in [0.29, 0.717) is 23.6 Å². The number of rotatable bonds is 6. The van der Waals surface area contributed by atoms with Crippen LogP contribution in [0.5, 0.6) is 11.5 Å². The lowest BCUT2D eigenvalue weighted by molar-refractivity contribution is -0.136. The first kappa shape index (κ1) is 26.2. The normalized spacial score (nSPS) is 23.8. The number of pyridine rings is 2. The molecule has 2 aromatic heterocycles. The number of likely N-dealkylation sites (tertiary alicyclic amines) is 2. The van der Waals surface area contributed by atoms with Crippen LogP contribution in [0.1, 0.15) is 43.5 Å². The Balaban J connectivity index is 1.13. The number of methoxy groups -OCH3 is 2. The van der Waals surface area contributed by atoms with E-state index in [2.05, 4.69) is 39.7 Å². The number of nitrogens with zero attached hydrogens (tertiary/aromatic N) is 4. The van der Waals surface area contributed by atoms with E-state index in [9.17, 15) is 4.79 Å². The lowest BCUT2D eigenvalue weighted by atomic mass is 9.70. The molecule has 5 rings (SSSR count). The standard InChI is InChI=1S/C31H38N4O3/c1-23-8-9-24(28-13-12-27(38-3)20-33-28)6-4-5-7-29(23)35-21-31(22-35)14-16-34(17-15-31)30(36)18-25-10-11-26(37-2)19-32-25/h6,8-13,19-20,29H,1,4-5,7,14-18,21-22H2,2-3H3/b9-8-,24-6+. The molecular weight excluding hydrogens is 476 g/mol. The van der Waals surface area contributed by atoms with Gasteiger partial charge in [-0.05, 0) is 72.9 Å². The summed E-state index contributed by atoms with van der Waals surface area (Å²) in [5.74, 6) is 1.64. The molecule has 1 aliphatic carbocycles. The highest BCUT2D eigenvalue weighted by Crippen LogP contribution is 2.43. The van der Waals surface area contributed by atoms with Crippen LogP contribution in [-0.2, 0) is 11.2 Å². The van der Waals surface area contributed by atoms with Gasteiger partial charge in [0, 0.05) is 37.9 Å². The van der Waals surface area contributed by atoms with Crippen molar-refractivity contribution >= 4 is 11.5 Å². The minimum atomic E-state index is 0.165. The quantitative estimate of drug-likeness (QED) is 0.556. The topological polar surface area (TPSA) is 67.8 Å². The second kappa shape index (κ2) is 11.5. The lowest BCUT2D eigenvalue weighted by Crippen LogP contribution is -2.63. The average Bonchev–Trinajstić information content (AvgIpc) is 3.03. The zero-order chi connectivity index (χ0) is 26.5. The molecule has 1 amide bonds. The molecule has 0 N–H and O–H groups in total. The van der Waals surface area contributed by atoms with Gasteiger partial charge in [0.15, 0.2) is 0 Å². The second-order valence-corrected chi connectivity index (χ2v) is 10.7. The van der Waals surface area contributed by atoms with Crippen molar-refractivity contribution < 1.29 is 14.3 Å². The molecule has 0 bridgehead atoms. The number of allylic oxidation sites excluding steroid dienone is 3. The van der Waals surface area contributed by atoms with Crippen molar-refractivity contribution in [2.45, 2.75) is 44.6 Å². The summed E-state index contributed by atoms with van der Waals surface area (Å²) in [6, 6.07) is 8.06. The molecule has 2 aromatic rings. The van der Waals surface area contributed by atoms with Gasteiger partial charge in [-0.1, -0.05) is 24.8 Å². The maximum Gasteiger partial charge on any atom is 0.228 e. The van der Waals surface area contributed by atoms with Gasteiger partial charge >= 0.3 is 0 Å². The SMILES string of the molecule is C=C1/C=C\C(c2ccc(OC)cn2)=C/CCCC1N1CC2(CCN(C(=O)Cc3ccc(OC)cn3)CC2)C1. The first-order valence-corrected chi connectivity index (χ1v) is 13.6. The Bertz CT molecular complexity index is 1190. The Hall–Kier alpha value is -3.45. The third kappa shape index (κ3) is 5.83. The number of carbonyl (C=O) groups excluding carboxylic acids is 1. The summed E-state index contributed by atoms with van der Waals surface area (Å²) < 4.78 is 10.4. The molecule has 38 heavy (non-hydrogen) atoms. The first-order valence-electron chi connectivity index (χ1n) is 13.6. The summed E-state index contributed by atoms with van der Waals surface area (Å²) in [6.45, 7) is 8.29. The van der Waals surface area contributed by atoms with E-state index in [0.717, 1.165) is 81.0 Å². The zero-order valence-corrected chi connectivity index (χ0v) is 22.6. The van der Waals surface area contributed by atoms with E-state index in [-0.39, 0.29) is 5.91 Å². The van der Waals surface area contributed by atoms with Crippen molar-refractivity contribution in [3.63, 3.8) is 0 Å². The Morgan fingerprint density at radius 3 is 2.37 bits per heavy atom. The van der Waals surface area contributed by atoms with Gasteiger partial charge < -0.3 is 14.4 Å². The summed E-state index contributed by atoms with van der Waals surface area (Å²) in [4.78, 5) is 26.4. The number of hydrogen-bond donors (Lipinski definition) is 0. The molecule has 2 aliphatic heterocycles. The summed E-state index contributed by atoms with van der Waals surface area (Å²) in [7, 11) is 3.28. The Labute approximate surface area is 225 Å². The van der Waals surface area contributed by atoms with E-state index in [1.54, 1.807) is 26.6 Å². The molecule has 1 unspecified atom stereocenters. The molecule has 0 aromatic carbocycles. The van der Waals surface area contributed by atoms with Gasteiger partial charge in [-0.15, -0.1) is 0 Å². The van der Waals surface area contributed by atoms with Crippen LogP contribution in [-0.4, -0.2) is 72.1 Å². The van der Waals surface area contributed by atoms with Gasteiger partial charge in [-0.25, -0.2) is 0 Å². The molecule has 0 radical (unpaired) electrons. The number of ether oxygens (including phenoxy) is 2. The summed E-state index contributed by atoms with van der Waals surface area (Å²) in [5.41, 5.74) is 4.38. The third-order valence-corrected chi connectivity index (χ3v) is 8.28. The van der Waals surface area contributed by atoms with E-state index in [4.69, 9.17) is 9.47 Å². The van der Waals surface area contributed by atoms with Gasteiger partial charge in [-0.3, -0.25) is 19.7 Å². The van der Waals surface area contributed by atoms with Crippen LogP contribution < -0.4 is 9.47 Å². The maximum atomic E-state index is 12.9. The predicted octanol–water partition coefficient (Wildman–Crippen LogP) is 4.71. The lowest BCUT2D eigenvalue weighted by Gasteiger charge is -2.56. The summed E-state index contributed by atoms with van der Waals surface area (Å²) in [6.07, 6.45) is 15.8. The highest BCUT2D eigenvalue weighted by atomic mass is 16.5. The molecule has 1 atom stereocenters. The van der Waals surface area contributed by atoms with Crippen LogP contribution in [0.25, 0.3) is 5.57 Å². The number of piperidine rings is 1. The minimum Gasteiger partial charge on any atom is -0.495 e. The molecule has 2 saturated heterocycles. The Morgan fingerprint density at radius 1 is 1.03 bits per heavy atom. The van der Waals surface area contributed by atoms with Crippen molar-refractivity contribution in [1.82, 2.24) is 19.8 Å². The number of aromatic nitrogens is 2. The van der Waals surface area contributed by atoms with Crippen LogP contribution in [0, 0.1) is 5.41 Å². The van der Waals surface area contributed by atoms with Crippen LogP contribution in [0.2, 0.25) is 0 Å². The van der Waals surface area contributed by atoms with E-state index in [1.807, 2.05) is 29.2 Å². The molecule has 200 valence electrons.